The maximum atomic E-state index is 13.8. The molecule has 1 aliphatic rings. The fraction of sp³-hybridized carbons (Fsp3) is 0.310. The number of fused-ring (bicyclic) bond motifs is 2. The van der Waals surface area contributed by atoms with Gasteiger partial charge in [0.05, 0.1) is 28.7 Å². The molecule has 3 N–H and O–H groups in total. The van der Waals surface area contributed by atoms with Crippen LogP contribution in [-0.2, 0) is 12.7 Å². The van der Waals surface area contributed by atoms with Gasteiger partial charge in [-0.2, -0.15) is 18.3 Å². The van der Waals surface area contributed by atoms with Crippen LogP contribution in [0, 0.1) is 6.92 Å². The van der Waals surface area contributed by atoms with Gasteiger partial charge < -0.3 is 15.0 Å². The van der Waals surface area contributed by atoms with Gasteiger partial charge in [0.1, 0.15) is 5.69 Å². The van der Waals surface area contributed by atoms with Crippen LogP contribution in [0.1, 0.15) is 47.6 Å². The first-order valence-electron chi connectivity index (χ1n) is 13.1. The molecule has 6 rings (SSSR count). The summed E-state index contributed by atoms with van der Waals surface area (Å²) in [5.74, 6) is -1.36. The molecule has 0 saturated heterocycles. The number of amides is 1. The van der Waals surface area contributed by atoms with Gasteiger partial charge in [0, 0.05) is 34.4 Å². The zero-order valence-electron chi connectivity index (χ0n) is 21.7. The number of aryl methyl sites for hydroxylation is 1. The summed E-state index contributed by atoms with van der Waals surface area (Å²) in [6, 6.07) is 15.0. The van der Waals surface area contributed by atoms with E-state index in [1.165, 1.54) is 6.07 Å². The summed E-state index contributed by atoms with van der Waals surface area (Å²) < 4.78 is 42.5. The van der Waals surface area contributed by atoms with Gasteiger partial charge in [-0.05, 0) is 75.1 Å². The molecule has 1 amide bonds. The van der Waals surface area contributed by atoms with E-state index < -0.39 is 23.6 Å². The normalized spacial score (nSPS) is 19.8. The third-order valence-corrected chi connectivity index (χ3v) is 7.51. The zero-order chi connectivity index (χ0) is 28.1. The lowest BCUT2D eigenvalue weighted by Crippen LogP contribution is -2.48. The lowest BCUT2D eigenvalue weighted by Gasteiger charge is -2.37. The molecule has 8 nitrogen and oxygen atoms in total. The van der Waals surface area contributed by atoms with Gasteiger partial charge in [0.2, 0.25) is 5.82 Å². The third kappa shape index (κ3) is 4.92. The number of aromatic nitrogens is 5. The summed E-state index contributed by atoms with van der Waals surface area (Å²) in [4.78, 5) is 21.3. The highest BCUT2D eigenvalue weighted by atomic mass is 19.4. The van der Waals surface area contributed by atoms with Crippen molar-refractivity contribution in [2.45, 2.75) is 57.0 Å². The standard InChI is InChI=1S/C29H27F3N6O2/c1-17-13-18(10-12-33-17)25-21-14-19(8-9-22(21)36-37-25)26(39)34-20-5-4-11-28(40,15-20)16-38-24-7-3-2-6-23(24)35-27(38)29(30,31)32/h2-3,6-10,12-14,20,40H,4-5,11,15-16H2,1H3,(H,34,39)(H,36,37)/t20-,28-/m0/s1. The molecule has 1 aliphatic carbocycles. The number of hydrogen-bond donors (Lipinski definition) is 3. The summed E-state index contributed by atoms with van der Waals surface area (Å²) in [7, 11) is 0. The highest BCUT2D eigenvalue weighted by Gasteiger charge is 2.41. The topological polar surface area (TPSA) is 109 Å². The predicted molar refractivity (Wildman–Crippen MR) is 143 cm³/mol. The smallest absolute Gasteiger partial charge is 0.388 e. The van der Waals surface area contributed by atoms with E-state index in [2.05, 4.69) is 25.5 Å². The zero-order valence-corrected chi connectivity index (χ0v) is 21.7. The number of carbonyl (C=O) groups is 1. The number of carbonyl (C=O) groups excluding carboxylic acids is 1. The minimum atomic E-state index is -4.67. The Bertz CT molecular complexity index is 1730. The third-order valence-electron chi connectivity index (χ3n) is 7.51. The van der Waals surface area contributed by atoms with Crippen LogP contribution < -0.4 is 5.32 Å². The molecule has 11 heteroatoms. The number of nitrogens with one attached hydrogen (secondary N) is 2. The molecule has 3 aromatic heterocycles. The van der Waals surface area contributed by atoms with Crippen LogP contribution in [-0.4, -0.2) is 47.4 Å². The Kier molecular flexibility index (Phi) is 6.33. The Hall–Kier alpha value is -4.25. The van der Waals surface area contributed by atoms with Crippen LogP contribution in [0.5, 0.6) is 0 Å². The number of imidazole rings is 1. The van der Waals surface area contributed by atoms with Gasteiger partial charge in [0.25, 0.3) is 5.91 Å². The van der Waals surface area contributed by atoms with Crippen LogP contribution in [0.2, 0.25) is 0 Å². The summed E-state index contributed by atoms with van der Waals surface area (Å²) in [5.41, 5.74) is 2.71. The second-order valence-electron chi connectivity index (χ2n) is 10.5. The molecule has 0 bridgehead atoms. The molecular formula is C29H27F3N6O2. The number of nitrogens with zero attached hydrogens (tertiary/aromatic N) is 4. The second kappa shape index (κ2) is 9.74. The number of benzene rings is 2. The van der Waals surface area contributed by atoms with Crippen molar-refractivity contribution in [1.82, 2.24) is 30.0 Å². The highest BCUT2D eigenvalue weighted by Crippen LogP contribution is 2.36. The summed E-state index contributed by atoms with van der Waals surface area (Å²) >= 11 is 0. The molecule has 3 heterocycles. The summed E-state index contributed by atoms with van der Waals surface area (Å²) in [5, 5.41) is 22.6. The van der Waals surface area contributed by atoms with E-state index in [1.54, 1.807) is 42.6 Å². The van der Waals surface area contributed by atoms with E-state index in [9.17, 15) is 23.1 Å². The molecule has 2 aromatic carbocycles. The number of rotatable bonds is 5. The molecule has 206 valence electrons. The van der Waals surface area contributed by atoms with Gasteiger partial charge in [-0.15, -0.1) is 0 Å². The monoisotopic (exact) mass is 548 g/mol. The molecule has 5 aromatic rings. The number of halogens is 3. The van der Waals surface area contributed by atoms with E-state index in [4.69, 9.17) is 0 Å². The number of alkyl halides is 3. The maximum Gasteiger partial charge on any atom is 0.449 e. The van der Waals surface area contributed by atoms with E-state index in [0.717, 1.165) is 26.7 Å². The Morgan fingerprint density at radius 2 is 2.02 bits per heavy atom. The van der Waals surface area contributed by atoms with Crippen LogP contribution in [0.15, 0.2) is 60.8 Å². The average molecular weight is 549 g/mol. The lowest BCUT2D eigenvalue weighted by atomic mass is 9.81. The summed E-state index contributed by atoms with van der Waals surface area (Å²) in [6.45, 7) is 1.62. The van der Waals surface area contributed by atoms with Crippen molar-refractivity contribution in [2.75, 3.05) is 0 Å². The molecule has 40 heavy (non-hydrogen) atoms. The lowest BCUT2D eigenvalue weighted by molar-refractivity contribution is -0.148. The van der Waals surface area contributed by atoms with Crippen molar-refractivity contribution < 1.29 is 23.1 Å². The Labute approximate surface area is 227 Å². The second-order valence-corrected chi connectivity index (χ2v) is 10.5. The number of pyridine rings is 1. The first kappa shape index (κ1) is 26.0. The van der Waals surface area contributed by atoms with Gasteiger partial charge in [-0.3, -0.25) is 14.9 Å². The number of para-hydroxylation sites is 2. The van der Waals surface area contributed by atoms with Gasteiger partial charge >= 0.3 is 6.18 Å². The first-order valence-corrected chi connectivity index (χ1v) is 13.1. The summed E-state index contributed by atoms with van der Waals surface area (Å²) in [6.07, 6.45) is -1.35. The molecule has 0 aliphatic heterocycles. The van der Waals surface area contributed by atoms with Crippen LogP contribution >= 0.6 is 0 Å². The minimum absolute atomic E-state index is 0.123. The Morgan fingerprint density at radius 1 is 1.20 bits per heavy atom. The minimum Gasteiger partial charge on any atom is -0.388 e. The van der Waals surface area contributed by atoms with Gasteiger partial charge in [0.15, 0.2) is 0 Å². The fourth-order valence-electron chi connectivity index (χ4n) is 5.69. The Morgan fingerprint density at radius 3 is 2.83 bits per heavy atom. The molecule has 0 unspecified atom stereocenters. The SMILES string of the molecule is Cc1cc(-c2n[nH]c3ccc(C(=O)N[C@H]4CCC[C@@](O)(Cn5c(C(F)(F)F)nc6ccccc65)C4)cc23)ccn1. The van der Waals surface area contributed by atoms with Crippen molar-refractivity contribution >= 4 is 27.8 Å². The fourth-order valence-corrected chi connectivity index (χ4v) is 5.69. The van der Waals surface area contributed by atoms with E-state index in [0.29, 0.717) is 36.0 Å². The van der Waals surface area contributed by atoms with Crippen LogP contribution in [0.4, 0.5) is 13.2 Å². The van der Waals surface area contributed by atoms with Gasteiger partial charge in [-0.25, -0.2) is 4.98 Å². The number of hydrogen-bond acceptors (Lipinski definition) is 5. The largest absolute Gasteiger partial charge is 0.449 e. The molecular weight excluding hydrogens is 521 g/mol. The van der Waals surface area contributed by atoms with Crippen molar-refractivity contribution in [3.8, 4) is 11.3 Å². The predicted octanol–water partition coefficient (Wildman–Crippen LogP) is 5.41. The number of H-pyrrole nitrogens is 1. The number of aromatic amines is 1. The van der Waals surface area contributed by atoms with Crippen molar-refractivity contribution in [3.05, 3.63) is 77.9 Å². The van der Waals surface area contributed by atoms with E-state index in [1.807, 2.05) is 19.1 Å². The van der Waals surface area contributed by atoms with Crippen molar-refractivity contribution in [1.29, 1.82) is 0 Å². The highest BCUT2D eigenvalue weighted by molar-refractivity contribution is 6.01. The van der Waals surface area contributed by atoms with Crippen molar-refractivity contribution in [3.63, 3.8) is 0 Å². The van der Waals surface area contributed by atoms with E-state index >= 15 is 0 Å². The molecule has 1 saturated carbocycles. The first-order chi connectivity index (χ1) is 19.1. The average Bonchev–Trinajstić information content (AvgIpc) is 3.50. The van der Waals surface area contributed by atoms with Crippen LogP contribution in [0.25, 0.3) is 33.2 Å². The van der Waals surface area contributed by atoms with E-state index in [-0.39, 0.29) is 24.4 Å². The van der Waals surface area contributed by atoms with Crippen LogP contribution in [0.3, 0.4) is 0 Å². The molecule has 1 fully saturated rings. The van der Waals surface area contributed by atoms with Crippen molar-refractivity contribution in [2.24, 2.45) is 0 Å². The molecule has 0 spiro atoms. The molecule has 0 radical (unpaired) electrons. The molecule has 2 atom stereocenters. The van der Waals surface area contributed by atoms with Gasteiger partial charge in [-0.1, -0.05) is 12.1 Å². The Balaban J connectivity index is 1.22. The quantitative estimate of drug-likeness (QED) is 0.272. The maximum absolute atomic E-state index is 13.8. The number of aliphatic hydroxyl groups is 1.